The summed E-state index contributed by atoms with van der Waals surface area (Å²) in [6.45, 7) is 0. The van der Waals surface area contributed by atoms with E-state index in [1.165, 1.54) is 12.1 Å². The Morgan fingerprint density at radius 3 is 2.72 bits per heavy atom. The topological polar surface area (TPSA) is 72.2 Å². The Bertz CT molecular complexity index is 1060. The number of carbonyl (C=O) groups excluding carboxylic acids is 1. The highest BCUT2D eigenvalue weighted by Crippen LogP contribution is 2.20. The van der Waals surface area contributed by atoms with Crippen LogP contribution >= 0.6 is 0 Å². The third kappa shape index (κ3) is 2.94. The lowest BCUT2D eigenvalue weighted by Gasteiger charge is -2.06. The predicted molar refractivity (Wildman–Crippen MR) is 90.6 cm³/mol. The smallest absolute Gasteiger partial charge is 0.256 e. The van der Waals surface area contributed by atoms with E-state index < -0.39 is 0 Å². The number of aromatic nitrogens is 4. The van der Waals surface area contributed by atoms with Crippen molar-refractivity contribution in [3.05, 3.63) is 78.8 Å². The van der Waals surface area contributed by atoms with E-state index in [9.17, 15) is 9.18 Å². The third-order valence-corrected chi connectivity index (χ3v) is 3.70. The van der Waals surface area contributed by atoms with Gasteiger partial charge in [0.25, 0.3) is 5.91 Å². The second-order valence-electron chi connectivity index (χ2n) is 5.34. The number of amides is 1. The van der Waals surface area contributed by atoms with E-state index in [1.54, 1.807) is 59.7 Å². The Hall–Kier alpha value is -3.61. The number of nitrogens with one attached hydrogen (secondary N) is 1. The lowest BCUT2D eigenvalue weighted by Crippen LogP contribution is -2.13. The van der Waals surface area contributed by atoms with E-state index in [2.05, 4.69) is 20.3 Å². The number of nitrogens with zero attached hydrogens (tertiary/aromatic N) is 4. The second kappa shape index (κ2) is 6.12. The van der Waals surface area contributed by atoms with Gasteiger partial charge in [0.2, 0.25) is 0 Å². The van der Waals surface area contributed by atoms with Gasteiger partial charge in [0.15, 0.2) is 5.65 Å². The van der Waals surface area contributed by atoms with Crippen LogP contribution in [0, 0.1) is 5.82 Å². The van der Waals surface area contributed by atoms with Crippen LogP contribution in [0.2, 0.25) is 0 Å². The van der Waals surface area contributed by atoms with Crippen LogP contribution in [0.25, 0.3) is 16.9 Å². The van der Waals surface area contributed by atoms with Crippen LogP contribution in [0.4, 0.5) is 10.2 Å². The molecule has 3 heterocycles. The molecule has 25 heavy (non-hydrogen) atoms. The first-order chi connectivity index (χ1) is 12.2. The van der Waals surface area contributed by atoms with Crippen molar-refractivity contribution in [2.75, 3.05) is 5.32 Å². The highest BCUT2D eigenvalue weighted by atomic mass is 19.1. The molecule has 122 valence electrons. The molecule has 0 unspecified atom stereocenters. The van der Waals surface area contributed by atoms with Crippen LogP contribution < -0.4 is 5.32 Å². The summed E-state index contributed by atoms with van der Waals surface area (Å²) >= 11 is 0. The molecule has 0 bridgehead atoms. The quantitative estimate of drug-likeness (QED) is 0.625. The maximum atomic E-state index is 13.4. The van der Waals surface area contributed by atoms with Gasteiger partial charge in [-0.3, -0.25) is 19.2 Å². The standard InChI is InChI=1S/C18H12FN5O/c19-14-3-1-2-13(8-14)15-11-24-16(9-21-15)22-10-17(24)23-18(25)12-4-6-20-7-5-12/h1-11H,(H,23,25). The van der Waals surface area contributed by atoms with Crippen LogP contribution in [-0.4, -0.2) is 25.3 Å². The van der Waals surface area contributed by atoms with Gasteiger partial charge in [-0.25, -0.2) is 9.37 Å². The fourth-order valence-corrected chi connectivity index (χ4v) is 2.47. The molecule has 0 saturated carbocycles. The summed E-state index contributed by atoms with van der Waals surface area (Å²) in [5.41, 5.74) is 2.28. The zero-order valence-corrected chi connectivity index (χ0v) is 12.9. The van der Waals surface area contributed by atoms with Gasteiger partial charge in [0.1, 0.15) is 11.6 Å². The zero-order valence-electron chi connectivity index (χ0n) is 12.9. The number of rotatable bonds is 3. The van der Waals surface area contributed by atoms with Gasteiger partial charge in [-0.05, 0) is 24.3 Å². The molecule has 4 aromatic rings. The van der Waals surface area contributed by atoms with Gasteiger partial charge in [-0.15, -0.1) is 0 Å². The Morgan fingerprint density at radius 1 is 1.08 bits per heavy atom. The summed E-state index contributed by atoms with van der Waals surface area (Å²) in [5, 5.41) is 2.80. The van der Waals surface area contributed by atoms with Gasteiger partial charge >= 0.3 is 0 Å². The van der Waals surface area contributed by atoms with Gasteiger partial charge < -0.3 is 5.32 Å². The maximum absolute atomic E-state index is 13.4. The number of benzene rings is 1. The molecule has 4 rings (SSSR count). The summed E-state index contributed by atoms with van der Waals surface area (Å²) in [6, 6.07) is 9.41. The normalized spacial score (nSPS) is 10.8. The molecule has 0 aliphatic heterocycles. The summed E-state index contributed by atoms with van der Waals surface area (Å²) < 4.78 is 15.1. The van der Waals surface area contributed by atoms with Gasteiger partial charge in [-0.2, -0.15) is 0 Å². The van der Waals surface area contributed by atoms with E-state index in [-0.39, 0.29) is 11.7 Å². The number of hydrogen-bond donors (Lipinski definition) is 1. The molecule has 3 aromatic heterocycles. The Balaban J connectivity index is 1.71. The minimum Gasteiger partial charge on any atom is -0.306 e. The van der Waals surface area contributed by atoms with Crippen molar-refractivity contribution >= 4 is 17.4 Å². The number of pyridine rings is 1. The molecule has 6 nitrogen and oxygen atoms in total. The average Bonchev–Trinajstić information content (AvgIpc) is 3.04. The number of carbonyl (C=O) groups is 1. The first kappa shape index (κ1) is 14.9. The largest absolute Gasteiger partial charge is 0.306 e. The van der Waals surface area contributed by atoms with Crippen LogP contribution in [-0.2, 0) is 0 Å². The van der Waals surface area contributed by atoms with Crippen molar-refractivity contribution in [2.24, 2.45) is 0 Å². The molecule has 0 atom stereocenters. The van der Waals surface area contributed by atoms with Crippen molar-refractivity contribution in [1.29, 1.82) is 0 Å². The lowest BCUT2D eigenvalue weighted by atomic mass is 10.1. The van der Waals surface area contributed by atoms with E-state index in [4.69, 9.17) is 0 Å². The van der Waals surface area contributed by atoms with E-state index in [0.717, 1.165) is 0 Å². The molecule has 0 fully saturated rings. The van der Waals surface area contributed by atoms with Crippen molar-refractivity contribution in [3.8, 4) is 11.3 Å². The lowest BCUT2D eigenvalue weighted by molar-refractivity contribution is 0.102. The molecule has 1 N–H and O–H groups in total. The highest BCUT2D eigenvalue weighted by molar-refractivity contribution is 6.03. The maximum Gasteiger partial charge on any atom is 0.256 e. The minimum absolute atomic E-state index is 0.270. The number of halogens is 1. The Morgan fingerprint density at radius 2 is 1.92 bits per heavy atom. The zero-order chi connectivity index (χ0) is 17.2. The van der Waals surface area contributed by atoms with Crippen molar-refractivity contribution in [2.45, 2.75) is 0 Å². The van der Waals surface area contributed by atoms with Crippen LogP contribution in [0.1, 0.15) is 10.4 Å². The van der Waals surface area contributed by atoms with Crippen molar-refractivity contribution in [1.82, 2.24) is 19.4 Å². The molecule has 0 spiro atoms. The fourth-order valence-electron chi connectivity index (χ4n) is 2.47. The summed E-state index contributed by atoms with van der Waals surface area (Å²) in [6.07, 6.45) is 7.93. The molecule has 1 aromatic carbocycles. The van der Waals surface area contributed by atoms with E-state index >= 15 is 0 Å². The fraction of sp³-hybridized carbons (Fsp3) is 0. The third-order valence-electron chi connectivity index (χ3n) is 3.70. The molecule has 0 radical (unpaired) electrons. The average molecular weight is 333 g/mol. The second-order valence-corrected chi connectivity index (χ2v) is 5.34. The van der Waals surface area contributed by atoms with Crippen molar-refractivity contribution < 1.29 is 9.18 Å². The van der Waals surface area contributed by atoms with Crippen LogP contribution in [0.5, 0.6) is 0 Å². The Kier molecular flexibility index (Phi) is 3.66. The molecular weight excluding hydrogens is 321 g/mol. The predicted octanol–water partition coefficient (Wildman–Crippen LogP) is 3.18. The number of anilines is 1. The first-order valence-electron chi connectivity index (χ1n) is 7.51. The number of fused-ring (bicyclic) bond motifs is 1. The molecular formula is C18H12FN5O. The molecule has 0 aliphatic carbocycles. The first-order valence-corrected chi connectivity index (χ1v) is 7.51. The van der Waals surface area contributed by atoms with Crippen LogP contribution in [0.3, 0.4) is 0 Å². The summed E-state index contributed by atoms with van der Waals surface area (Å²) in [5.74, 6) is -0.110. The molecule has 0 saturated heterocycles. The van der Waals surface area contributed by atoms with E-state index in [0.29, 0.717) is 28.3 Å². The Labute approximate surface area is 142 Å². The molecule has 0 aliphatic rings. The van der Waals surface area contributed by atoms with Crippen LogP contribution in [0.15, 0.2) is 67.4 Å². The highest BCUT2D eigenvalue weighted by Gasteiger charge is 2.11. The number of imidazole rings is 1. The van der Waals surface area contributed by atoms with Gasteiger partial charge in [-0.1, -0.05) is 12.1 Å². The monoisotopic (exact) mass is 333 g/mol. The number of hydrogen-bond acceptors (Lipinski definition) is 4. The minimum atomic E-state index is -0.337. The van der Waals surface area contributed by atoms with E-state index in [1.807, 2.05) is 0 Å². The SMILES string of the molecule is O=C(Nc1cnc2cnc(-c3cccc(F)c3)cn12)c1ccncc1. The van der Waals surface area contributed by atoms with Crippen molar-refractivity contribution in [3.63, 3.8) is 0 Å². The van der Waals surface area contributed by atoms with Gasteiger partial charge in [0, 0.05) is 29.7 Å². The molecule has 7 heteroatoms. The summed E-state index contributed by atoms with van der Waals surface area (Å²) in [7, 11) is 0. The summed E-state index contributed by atoms with van der Waals surface area (Å²) in [4.78, 5) is 24.7. The molecule has 1 amide bonds. The van der Waals surface area contributed by atoms with Gasteiger partial charge in [0.05, 0.1) is 18.1 Å².